The lowest BCUT2D eigenvalue weighted by Gasteiger charge is -2.11. The van der Waals surface area contributed by atoms with Crippen molar-refractivity contribution in [1.29, 1.82) is 0 Å². The Balaban J connectivity index is 2.24. The molecular formula is C18H31NO2. The minimum atomic E-state index is 0.658. The van der Waals surface area contributed by atoms with Crippen molar-refractivity contribution in [3.8, 4) is 11.5 Å². The Hall–Kier alpha value is -1.22. The van der Waals surface area contributed by atoms with Gasteiger partial charge in [-0.15, -0.1) is 0 Å². The van der Waals surface area contributed by atoms with E-state index in [1.54, 1.807) is 7.11 Å². The van der Waals surface area contributed by atoms with Crippen LogP contribution in [0.5, 0.6) is 11.5 Å². The second-order valence-corrected chi connectivity index (χ2v) is 5.36. The fraction of sp³-hybridized carbons (Fsp3) is 0.667. The fourth-order valence-corrected chi connectivity index (χ4v) is 2.36. The van der Waals surface area contributed by atoms with Gasteiger partial charge in [0.05, 0.1) is 13.7 Å². The van der Waals surface area contributed by atoms with E-state index in [1.807, 2.05) is 13.0 Å². The Morgan fingerprint density at radius 1 is 0.952 bits per heavy atom. The maximum Gasteiger partial charge on any atom is 0.161 e. The average molecular weight is 293 g/mol. The van der Waals surface area contributed by atoms with Crippen molar-refractivity contribution in [2.75, 3.05) is 20.3 Å². The highest BCUT2D eigenvalue weighted by Gasteiger charge is 2.04. The van der Waals surface area contributed by atoms with E-state index in [0.717, 1.165) is 24.6 Å². The largest absolute Gasteiger partial charge is 0.493 e. The molecule has 0 spiro atoms. The number of unbranched alkanes of at least 4 members (excludes halogenated alkanes) is 5. The minimum Gasteiger partial charge on any atom is -0.493 e. The van der Waals surface area contributed by atoms with E-state index < -0.39 is 0 Å². The third kappa shape index (κ3) is 7.37. The second kappa shape index (κ2) is 11.4. The van der Waals surface area contributed by atoms with Gasteiger partial charge in [0.1, 0.15) is 0 Å². The lowest BCUT2D eigenvalue weighted by molar-refractivity contribution is 0.310. The Morgan fingerprint density at radius 2 is 1.71 bits per heavy atom. The molecule has 1 aromatic carbocycles. The van der Waals surface area contributed by atoms with Crippen molar-refractivity contribution in [1.82, 2.24) is 5.32 Å². The summed E-state index contributed by atoms with van der Waals surface area (Å²) < 4.78 is 10.9. The maximum absolute atomic E-state index is 5.60. The van der Waals surface area contributed by atoms with Crippen LogP contribution in [0.4, 0.5) is 0 Å². The number of rotatable bonds is 12. The average Bonchev–Trinajstić information content (AvgIpc) is 2.50. The number of hydrogen-bond acceptors (Lipinski definition) is 3. The van der Waals surface area contributed by atoms with Crippen LogP contribution in [0, 0.1) is 0 Å². The van der Waals surface area contributed by atoms with Crippen LogP contribution in [0.2, 0.25) is 0 Å². The lowest BCUT2D eigenvalue weighted by Crippen LogP contribution is -2.14. The first-order valence-corrected chi connectivity index (χ1v) is 8.32. The summed E-state index contributed by atoms with van der Waals surface area (Å²) in [6, 6.07) is 6.14. The summed E-state index contributed by atoms with van der Waals surface area (Å²) in [7, 11) is 1.67. The molecule has 3 nitrogen and oxygen atoms in total. The Kier molecular flexibility index (Phi) is 9.71. The van der Waals surface area contributed by atoms with Crippen LogP contribution < -0.4 is 14.8 Å². The summed E-state index contributed by atoms with van der Waals surface area (Å²) in [5, 5.41) is 3.50. The van der Waals surface area contributed by atoms with Gasteiger partial charge >= 0.3 is 0 Å². The molecule has 0 atom stereocenters. The quantitative estimate of drug-likeness (QED) is 0.574. The summed E-state index contributed by atoms with van der Waals surface area (Å²) >= 11 is 0. The van der Waals surface area contributed by atoms with Gasteiger partial charge in [-0.1, -0.05) is 45.1 Å². The third-order valence-corrected chi connectivity index (χ3v) is 3.56. The molecule has 0 fully saturated rings. The zero-order valence-electron chi connectivity index (χ0n) is 13.9. The molecule has 0 bridgehead atoms. The molecular weight excluding hydrogens is 262 g/mol. The van der Waals surface area contributed by atoms with E-state index in [1.165, 1.54) is 44.1 Å². The van der Waals surface area contributed by atoms with Gasteiger partial charge < -0.3 is 14.8 Å². The van der Waals surface area contributed by atoms with Crippen LogP contribution in [0.3, 0.4) is 0 Å². The maximum atomic E-state index is 5.60. The van der Waals surface area contributed by atoms with Gasteiger partial charge in [0, 0.05) is 6.54 Å². The Morgan fingerprint density at radius 3 is 2.43 bits per heavy atom. The van der Waals surface area contributed by atoms with Crippen molar-refractivity contribution < 1.29 is 9.47 Å². The molecule has 0 saturated carbocycles. The van der Waals surface area contributed by atoms with Crippen LogP contribution >= 0.6 is 0 Å². The molecule has 21 heavy (non-hydrogen) atoms. The van der Waals surface area contributed by atoms with Crippen LogP contribution in [0.1, 0.15) is 57.9 Å². The zero-order chi connectivity index (χ0) is 15.3. The van der Waals surface area contributed by atoms with Crippen LogP contribution in [-0.2, 0) is 6.54 Å². The van der Waals surface area contributed by atoms with Gasteiger partial charge in [-0.2, -0.15) is 0 Å². The lowest BCUT2D eigenvalue weighted by atomic mass is 10.1. The molecule has 0 aromatic heterocycles. The summed E-state index contributed by atoms with van der Waals surface area (Å²) in [5.41, 5.74) is 1.24. The summed E-state index contributed by atoms with van der Waals surface area (Å²) in [4.78, 5) is 0. The predicted molar refractivity (Wildman–Crippen MR) is 89.2 cm³/mol. The molecule has 1 N–H and O–H groups in total. The Bertz CT molecular complexity index is 379. The van der Waals surface area contributed by atoms with Crippen molar-refractivity contribution in [2.24, 2.45) is 0 Å². The Labute approximate surface area is 130 Å². The van der Waals surface area contributed by atoms with E-state index in [9.17, 15) is 0 Å². The second-order valence-electron chi connectivity index (χ2n) is 5.36. The highest BCUT2D eigenvalue weighted by Crippen LogP contribution is 2.27. The first-order valence-electron chi connectivity index (χ1n) is 8.32. The van der Waals surface area contributed by atoms with E-state index in [4.69, 9.17) is 9.47 Å². The zero-order valence-corrected chi connectivity index (χ0v) is 13.9. The number of hydrogen-bond donors (Lipinski definition) is 1. The molecule has 0 aliphatic carbocycles. The van der Waals surface area contributed by atoms with Gasteiger partial charge in [0.2, 0.25) is 0 Å². The number of benzene rings is 1. The number of methoxy groups -OCH3 is 1. The van der Waals surface area contributed by atoms with E-state index in [-0.39, 0.29) is 0 Å². The molecule has 3 heteroatoms. The van der Waals surface area contributed by atoms with Gasteiger partial charge in [0.25, 0.3) is 0 Å². The third-order valence-electron chi connectivity index (χ3n) is 3.56. The van der Waals surface area contributed by atoms with E-state index in [0.29, 0.717) is 6.61 Å². The molecule has 1 aromatic rings. The monoisotopic (exact) mass is 293 g/mol. The number of nitrogens with one attached hydrogen (secondary N) is 1. The van der Waals surface area contributed by atoms with Crippen LogP contribution in [0.15, 0.2) is 18.2 Å². The SMILES string of the molecule is CCCCCCCCNCc1ccc(OC)c(OCC)c1. The summed E-state index contributed by atoms with van der Waals surface area (Å²) in [6.07, 6.45) is 8.04. The highest BCUT2D eigenvalue weighted by atomic mass is 16.5. The normalized spacial score (nSPS) is 10.6. The van der Waals surface area contributed by atoms with Crippen molar-refractivity contribution >= 4 is 0 Å². The number of ether oxygens (including phenoxy) is 2. The van der Waals surface area contributed by atoms with Crippen molar-refractivity contribution in [3.05, 3.63) is 23.8 Å². The minimum absolute atomic E-state index is 0.658. The summed E-state index contributed by atoms with van der Waals surface area (Å²) in [5.74, 6) is 1.63. The van der Waals surface area contributed by atoms with E-state index >= 15 is 0 Å². The highest BCUT2D eigenvalue weighted by molar-refractivity contribution is 5.42. The van der Waals surface area contributed by atoms with Crippen molar-refractivity contribution in [2.45, 2.75) is 58.9 Å². The van der Waals surface area contributed by atoms with E-state index in [2.05, 4.69) is 24.4 Å². The molecule has 120 valence electrons. The molecule has 0 aliphatic heterocycles. The van der Waals surface area contributed by atoms with Gasteiger partial charge in [-0.3, -0.25) is 0 Å². The molecule has 0 radical (unpaired) electrons. The van der Waals surface area contributed by atoms with Crippen LogP contribution in [-0.4, -0.2) is 20.3 Å². The topological polar surface area (TPSA) is 30.5 Å². The molecule has 0 amide bonds. The first-order chi connectivity index (χ1) is 10.3. The molecule has 0 saturated heterocycles. The van der Waals surface area contributed by atoms with Gasteiger partial charge in [-0.05, 0) is 37.6 Å². The van der Waals surface area contributed by atoms with Crippen molar-refractivity contribution in [3.63, 3.8) is 0 Å². The standard InChI is InChI=1S/C18H31NO2/c1-4-6-7-8-9-10-13-19-15-16-11-12-17(20-3)18(14-16)21-5-2/h11-12,14,19H,4-10,13,15H2,1-3H3. The molecule has 0 aliphatic rings. The van der Waals surface area contributed by atoms with Gasteiger partial charge in [-0.25, -0.2) is 0 Å². The molecule has 0 heterocycles. The van der Waals surface area contributed by atoms with Gasteiger partial charge in [0.15, 0.2) is 11.5 Å². The molecule has 1 rings (SSSR count). The first kappa shape index (κ1) is 17.8. The van der Waals surface area contributed by atoms with Crippen LogP contribution in [0.25, 0.3) is 0 Å². The predicted octanol–water partition coefficient (Wildman–Crippen LogP) is 4.54. The molecule has 0 unspecified atom stereocenters. The fourth-order valence-electron chi connectivity index (χ4n) is 2.36. The summed E-state index contributed by atoms with van der Waals surface area (Å²) in [6.45, 7) is 6.88. The smallest absolute Gasteiger partial charge is 0.161 e.